The first-order valence-electron chi connectivity index (χ1n) is 16.8. The number of benzene rings is 4. The first-order valence-corrected chi connectivity index (χ1v) is 16.8. The number of esters is 2. The molecular formula is C40H33N5O8. The number of hydrogen-bond acceptors (Lipinski definition) is 12. The molecule has 0 saturated carbocycles. The van der Waals surface area contributed by atoms with Crippen LogP contribution in [-0.4, -0.2) is 65.6 Å². The van der Waals surface area contributed by atoms with E-state index in [0.29, 0.717) is 27.8 Å². The van der Waals surface area contributed by atoms with Gasteiger partial charge in [-0.1, -0.05) is 121 Å². The number of hydrogen-bond donors (Lipinski definition) is 3. The van der Waals surface area contributed by atoms with Crippen LogP contribution in [0.4, 0.5) is 5.82 Å². The number of fused-ring (bicyclic) bond motifs is 2. The second kappa shape index (κ2) is 14.0. The number of carbonyl (C=O) groups is 2. The fraction of sp³-hybridized carbons (Fsp3) is 0.175. The molecule has 4 N–H and O–H groups in total. The lowest BCUT2D eigenvalue weighted by atomic mass is 9.95. The lowest BCUT2D eigenvalue weighted by Crippen LogP contribution is -2.55. The van der Waals surface area contributed by atoms with E-state index in [9.17, 15) is 19.8 Å². The summed E-state index contributed by atoms with van der Waals surface area (Å²) in [4.78, 5) is 41.2. The van der Waals surface area contributed by atoms with E-state index in [0.717, 1.165) is 0 Å². The van der Waals surface area contributed by atoms with Gasteiger partial charge in [0.15, 0.2) is 29.8 Å². The van der Waals surface area contributed by atoms with Crippen molar-refractivity contribution < 1.29 is 38.7 Å². The number of carbonyl (C=O) groups excluding carboxylic acids is 2. The molecule has 13 heteroatoms. The van der Waals surface area contributed by atoms with E-state index < -0.39 is 54.3 Å². The molecule has 0 radical (unpaired) electrons. The number of nitrogens with two attached hydrogens (primary N) is 1. The molecule has 2 aromatic heterocycles. The summed E-state index contributed by atoms with van der Waals surface area (Å²) in [7, 11) is 0. The highest BCUT2D eigenvalue weighted by molar-refractivity contribution is 5.92. The van der Waals surface area contributed by atoms with Crippen LogP contribution in [0.15, 0.2) is 146 Å². The molecule has 0 bridgehead atoms. The van der Waals surface area contributed by atoms with Crippen molar-refractivity contribution in [2.24, 2.45) is 0 Å². The Morgan fingerprint density at radius 3 is 1.81 bits per heavy atom. The van der Waals surface area contributed by atoms with Crippen molar-refractivity contribution in [3.63, 3.8) is 0 Å². The monoisotopic (exact) mass is 713 g/mol. The highest BCUT2D eigenvalue weighted by Crippen LogP contribution is 2.46. The summed E-state index contributed by atoms with van der Waals surface area (Å²) < 4.78 is 26.0. The summed E-state index contributed by atoms with van der Waals surface area (Å²) >= 11 is 0. The minimum absolute atomic E-state index is 0.0196. The zero-order chi connectivity index (χ0) is 36.5. The van der Waals surface area contributed by atoms with E-state index >= 15 is 0 Å². The van der Waals surface area contributed by atoms with Gasteiger partial charge in [-0.25, -0.2) is 24.5 Å². The lowest BCUT2D eigenvalue weighted by molar-refractivity contribution is -0.201. The molecule has 0 spiro atoms. The minimum Gasteiger partial charge on any atom is -0.469 e. The fourth-order valence-corrected chi connectivity index (χ4v) is 6.66. The van der Waals surface area contributed by atoms with Crippen molar-refractivity contribution >= 4 is 28.9 Å². The van der Waals surface area contributed by atoms with Crippen LogP contribution < -0.4 is 5.73 Å². The number of ether oxygens (including phenoxy) is 4. The van der Waals surface area contributed by atoms with Crippen LogP contribution in [0.1, 0.15) is 40.7 Å². The van der Waals surface area contributed by atoms with Crippen molar-refractivity contribution in [2.45, 2.75) is 42.3 Å². The number of nitrogens with zero attached hydrogens (tertiary/aromatic N) is 4. The highest BCUT2D eigenvalue weighted by Gasteiger charge is 2.62. The van der Waals surface area contributed by atoms with Crippen molar-refractivity contribution in [3.05, 3.63) is 168 Å². The van der Waals surface area contributed by atoms with Gasteiger partial charge in [0.05, 0.1) is 0 Å². The molecule has 0 aliphatic carbocycles. The number of aliphatic hydroxyl groups excluding tert-OH is 2. The molecule has 4 aromatic carbocycles. The van der Waals surface area contributed by atoms with Crippen LogP contribution in [0.25, 0.3) is 11.2 Å². The van der Waals surface area contributed by atoms with Crippen molar-refractivity contribution in [1.82, 2.24) is 19.5 Å². The van der Waals surface area contributed by atoms with Gasteiger partial charge < -0.3 is 34.9 Å². The maximum absolute atomic E-state index is 14.6. The molecule has 6 aromatic rings. The molecule has 1 fully saturated rings. The Balaban J connectivity index is 1.17. The maximum atomic E-state index is 14.6. The smallest absolute Gasteiger partial charge is 0.347 e. The maximum Gasteiger partial charge on any atom is 0.347 e. The summed E-state index contributed by atoms with van der Waals surface area (Å²) in [6.07, 6.45) is -4.28. The van der Waals surface area contributed by atoms with Crippen LogP contribution in [-0.2, 0) is 28.5 Å². The first kappa shape index (κ1) is 33.7. The molecule has 13 nitrogen and oxygen atoms in total. The van der Waals surface area contributed by atoms with Gasteiger partial charge in [-0.3, -0.25) is 4.57 Å². The molecule has 53 heavy (non-hydrogen) atoms. The zero-order valence-corrected chi connectivity index (χ0v) is 28.0. The van der Waals surface area contributed by atoms with E-state index in [1.54, 1.807) is 97.1 Å². The Kier molecular flexibility index (Phi) is 8.88. The predicted molar refractivity (Wildman–Crippen MR) is 189 cm³/mol. The van der Waals surface area contributed by atoms with Gasteiger partial charge in [0.2, 0.25) is 11.8 Å². The number of aromatic nitrogens is 4. The number of aliphatic hydroxyl groups is 2. The van der Waals surface area contributed by atoms with Crippen molar-refractivity contribution in [2.75, 3.05) is 5.73 Å². The van der Waals surface area contributed by atoms with E-state index in [4.69, 9.17) is 24.7 Å². The zero-order valence-electron chi connectivity index (χ0n) is 28.0. The Bertz CT molecular complexity index is 2190. The van der Waals surface area contributed by atoms with Crippen LogP contribution in [0, 0.1) is 0 Å². The van der Waals surface area contributed by atoms with Gasteiger partial charge in [-0.05, 0) is 22.3 Å². The molecule has 0 amide bonds. The summed E-state index contributed by atoms with van der Waals surface area (Å²) in [5, 5.41) is 23.6. The summed E-state index contributed by atoms with van der Waals surface area (Å²) in [6.45, 7) is 0. The molecule has 0 unspecified atom stereocenters. The van der Waals surface area contributed by atoms with Crippen molar-refractivity contribution in [3.8, 4) is 0 Å². The van der Waals surface area contributed by atoms with E-state index in [2.05, 4.69) is 15.0 Å². The highest BCUT2D eigenvalue weighted by atomic mass is 16.6. The third kappa shape index (κ3) is 6.16. The number of rotatable bonds is 10. The van der Waals surface area contributed by atoms with Gasteiger partial charge in [-0.2, -0.15) is 0 Å². The number of anilines is 1. The molecule has 2 aliphatic heterocycles. The second-order valence-corrected chi connectivity index (χ2v) is 12.6. The first-order chi connectivity index (χ1) is 25.8. The van der Waals surface area contributed by atoms with Crippen molar-refractivity contribution in [1.29, 1.82) is 0 Å². The van der Waals surface area contributed by atoms with E-state index in [1.165, 1.54) is 23.3 Å². The van der Waals surface area contributed by atoms with Gasteiger partial charge in [0.1, 0.15) is 36.1 Å². The summed E-state index contributed by atoms with van der Waals surface area (Å²) in [5.41, 5.74) is 6.56. The fourth-order valence-electron chi connectivity index (χ4n) is 6.66. The Morgan fingerprint density at radius 2 is 1.30 bits per heavy atom. The van der Waals surface area contributed by atoms with Gasteiger partial charge in [0, 0.05) is 6.08 Å². The topological polar surface area (TPSA) is 181 Å². The number of imidazole rings is 1. The van der Waals surface area contributed by atoms with Gasteiger partial charge in [-0.15, -0.1) is 0 Å². The summed E-state index contributed by atoms with van der Waals surface area (Å²) in [6, 6.07) is 36.0. The minimum atomic E-state index is -2.51. The van der Waals surface area contributed by atoms with E-state index in [-0.39, 0.29) is 17.2 Å². The Labute approximate surface area is 302 Å². The largest absolute Gasteiger partial charge is 0.469 e. The van der Waals surface area contributed by atoms with Crippen LogP contribution in [0.5, 0.6) is 0 Å². The average Bonchev–Trinajstić information content (AvgIpc) is 3.90. The Hall–Kier alpha value is -6.41. The molecule has 1 saturated heterocycles. The van der Waals surface area contributed by atoms with Crippen LogP contribution >= 0.6 is 0 Å². The molecule has 2 aliphatic rings. The predicted octanol–water partition coefficient (Wildman–Crippen LogP) is 4.35. The third-order valence-electron chi connectivity index (χ3n) is 9.30. The number of nitrogen functional groups attached to an aromatic ring is 1. The van der Waals surface area contributed by atoms with Gasteiger partial charge in [0.25, 0.3) is 0 Å². The molecular weight excluding hydrogens is 680 g/mol. The van der Waals surface area contributed by atoms with Gasteiger partial charge >= 0.3 is 11.9 Å². The molecule has 266 valence electrons. The van der Waals surface area contributed by atoms with E-state index in [1.807, 2.05) is 24.3 Å². The average molecular weight is 714 g/mol. The SMILES string of the molecule is Nc1n[14cH]nc2c1ncn2[C@@H]1OC2=C[C@@](C(=O)OC(c3ccccc3)c3ccccc3)([C@@H](O)C(=O)OC(c3ccccc3)c3ccccc3)O[C@H]2[C@H]1O. The second-order valence-electron chi connectivity index (χ2n) is 12.6. The van der Waals surface area contributed by atoms with Crippen LogP contribution in [0.2, 0.25) is 0 Å². The Morgan fingerprint density at radius 1 is 0.792 bits per heavy atom. The normalized spacial score (nSPS) is 21.2. The lowest BCUT2D eigenvalue weighted by Gasteiger charge is -2.33. The van der Waals surface area contributed by atoms with Crippen LogP contribution in [0.3, 0.4) is 0 Å². The third-order valence-corrected chi connectivity index (χ3v) is 9.30. The standard InChI is InChI=1S/C40H33N5O8/c41-35-29-36(43-22-42-35)45(23-44-29)37-30(46)33-28(50-37)21-40(53-33,39(49)52-32(26-17-9-3-10-18-26)27-19-11-4-12-20-27)34(47)38(48)51-31(24-13-5-1-6-14-24)25-15-7-2-8-16-25/h1-23,30-34,37,46-47H,(H2,41,42,43)/t30-,33-,34+,37-,40+/m1/s1/i22+2. The summed E-state index contributed by atoms with van der Waals surface area (Å²) in [5.74, 6) is -2.17. The quantitative estimate of drug-likeness (QED) is 0.171. The molecule has 4 heterocycles. The molecule has 8 rings (SSSR count). The molecule has 5 atom stereocenters.